The molecule has 0 radical (unpaired) electrons. The van der Waals surface area contributed by atoms with Crippen LogP contribution in [0.2, 0.25) is 0 Å². The molecule has 5 aliphatic carbocycles. The summed E-state index contributed by atoms with van der Waals surface area (Å²) in [4.78, 5) is 0. The van der Waals surface area contributed by atoms with Crippen LogP contribution >= 0.6 is 0 Å². The van der Waals surface area contributed by atoms with Gasteiger partial charge in [-0.15, -0.1) is 0 Å². The molecule has 0 amide bonds. The van der Waals surface area contributed by atoms with Crippen molar-refractivity contribution >= 4 is 0 Å². The van der Waals surface area contributed by atoms with Crippen LogP contribution in [0, 0.1) is 46.8 Å². The predicted octanol–water partition coefficient (Wildman–Crippen LogP) is 3.88. The Morgan fingerprint density at radius 2 is 1.94 bits per heavy atom. The summed E-state index contributed by atoms with van der Waals surface area (Å²) in [5, 5.41) is 0. The van der Waals surface area contributed by atoms with Gasteiger partial charge < -0.3 is 0 Å². The summed E-state index contributed by atoms with van der Waals surface area (Å²) in [6.45, 7) is 2.63. The third-order valence-corrected chi connectivity index (χ3v) is 7.33. The fraction of sp³-hybridized carbons (Fsp3) is 0.875. The SMILES string of the molecule is CC12CCC(C1)C1CC3C4C=CC(C4)C3C12. The van der Waals surface area contributed by atoms with Crippen LogP contribution < -0.4 is 0 Å². The number of hydrogen-bond donors (Lipinski definition) is 0. The monoisotopic (exact) mass is 214 g/mol. The van der Waals surface area contributed by atoms with Gasteiger partial charge in [0.1, 0.15) is 0 Å². The average molecular weight is 214 g/mol. The van der Waals surface area contributed by atoms with E-state index in [0.29, 0.717) is 0 Å². The fourth-order valence-corrected chi connectivity index (χ4v) is 7.03. The molecular formula is C16H22. The zero-order valence-electron chi connectivity index (χ0n) is 10.2. The summed E-state index contributed by atoms with van der Waals surface area (Å²) < 4.78 is 0. The lowest BCUT2D eigenvalue weighted by atomic mass is 9.66. The summed E-state index contributed by atoms with van der Waals surface area (Å²) in [7, 11) is 0. The van der Waals surface area contributed by atoms with Gasteiger partial charge in [-0.2, -0.15) is 0 Å². The molecule has 4 fully saturated rings. The third-order valence-electron chi connectivity index (χ3n) is 7.33. The zero-order valence-corrected chi connectivity index (χ0v) is 10.2. The van der Waals surface area contributed by atoms with Crippen molar-refractivity contribution in [1.29, 1.82) is 0 Å². The molecular weight excluding hydrogens is 192 g/mol. The lowest BCUT2D eigenvalue weighted by Crippen LogP contribution is -2.32. The van der Waals surface area contributed by atoms with Crippen molar-refractivity contribution in [2.75, 3.05) is 0 Å². The van der Waals surface area contributed by atoms with Crippen LogP contribution in [0.25, 0.3) is 0 Å². The molecule has 0 heterocycles. The van der Waals surface area contributed by atoms with E-state index in [9.17, 15) is 0 Å². The fourth-order valence-electron chi connectivity index (χ4n) is 7.03. The highest BCUT2D eigenvalue weighted by atomic mass is 14.7. The molecule has 86 valence electrons. The van der Waals surface area contributed by atoms with Gasteiger partial charge in [-0.25, -0.2) is 0 Å². The van der Waals surface area contributed by atoms with Gasteiger partial charge in [-0.1, -0.05) is 19.1 Å². The molecule has 0 aliphatic heterocycles. The topological polar surface area (TPSA) is 0 Å². The molecule has 8 atom stereocenters. The summed E-state index contributed by atoms with van der Waals surface area (Å²) in [5.41, 5.74) is 0.771. The van der Waals surface area contributed by atoms with Gasteiger partial charge in [0.25, 0.3) is 0 Å². The molecule has 4 saturated carbocycles. The van der Waals surface area contributed by atoms with E-state index in [0.717, 1.165) is 46.8 Å². The molecule has 0 aromatic carbocycles. The van der Waals surface area contributed by atoms with E-state index < -0.39 is 0 Å². The normalized spacial score (nSPS) is 68.9. The van der Waals surface area contributed by atoms with E-state index in [1.807, 2.05) is 0 Å². The van der Waals surface area contributed by atoms with Crippen LogP contribution in [-0.2, 0) is 0 Å². The van der Waals surface area contributed by atoms with E-state index in [2.05, 4.69) is 19.1 Å². The molecule has 0 saturated heterocycles. The zero-order chi connectivity index (χ0) is 10.5. The number of fused-ring (bicyclic) bond motifs is 11. The Bertz CT molecular complexity index is 381. The van der Waals surface area contributed by atoms with Gasteiger partial charge in [-0.3, -0.25) is 0 Å². The van der Waals surface area contributed by atoms with Crippen molar-refractivity contribution in [3.63, 3.8) is 0 Å². The highest BCUT2D eigenvalue weighted by molar-refractivity contribution is 5.22. The van der Waals surface area contributed by atoms with Crippen molar-refractivity contribution in [1.82, 2.24) is 0 Å². The van der Waals surface area contributed by atoms with E-state index in [1.54, 1.807) is 25.7 Å². The van der Waals surface area contributed by atoms with E-state index in [1.165, 1.54) is 6.42 Å². The molecule has 0 spiro atoms. The minimum atomic E-state index is 0.771. The second kappa shape index (κ2) is 2.44. The Kier molecular flexibility index (Phi) is 1.34. The van der Waals surface area contributed by atoms with Crippen LogP contribution in [-0.4, -0.2) is 0 Å². The molecule has 5 rings (SSSR count). The first kappa shape index (κ1) is 8.78. The number of hydrogen-bond acceptors (Lipinski definition) is 0. The molecule has 0 N–H and O–H groups in total. The third kappa shape index (κ3) is 0.772. The van der Waals surface area contributed by atoms with Crippen LogP contribution in [0.15, 0.2) is 12.2 Å². The van der Waals surface area contributed by atoms with Gasteiger partial charge in [0.2, 0.25) is 0 Å². The van der Waals surface area contributed by atoms with Crippen LogP contribution in [0.3, 0.4) is 0 Å². The quantitative estimate of drug-likeness (QED) is 0.537. The summed E-state index contributed by atoms with van der Waals surface area (Å²) in [5.74, 6) is 7.67. The first-order valence-corrected chi connectivity index (χ1v) is 7.45. The first-order valence-electron chi connectivity index (χ1n) is 7.45. The van der Waals surface area contributed by atoms with Crippen molar-refractivity contribution in [3.05, 3.63) is 12.2 Å². The standard InChI is InChI=1S/C16H22/c1-16-5-4-11(8-16)13-7-12-9-2-3-10(6-9)14(12)15(13)16/h2-3,9-15H,4-8H2,1H3. The lowest BCUT2D eigenvalue weighted by molar-refractivity contribution is 0.109. The van der Waals surface area contributed by atoms with Gasteiger partial charge in [0.05, 0.1) is 0 Å². The largest absolute Gasteiger partial charge is 0.0848 e. The predicted molar refractivity (Wildman–Crippen MR) is 64.8 cm³/mol. The van der Waals surface area contributed by atoms with Gasteiger partial charge in [-0.05, 0) is 78.9 Å². The van der Waals surface area contributed by atoms with E-state index >= 15 is 0 Å². The molecule has 5 aliphatic rings. The lowest BCUT2D eigenvalue weighted by Gasteiger charge is -2.38. The molecule has 4 bridgehead atoms. The number of allylic oxidation sites excluding steroid dienone is 2. The molecule has 8 unspecified atom stereocenters. The summed E-state index contributed by atoms with van der Waals surface area (Å²) in [6.07, 6.45) is 13.0. The van der Waals surface area contributed by atoms with Crippen molar-refractivity contribution in [2.24, 2.45) is 46.8 Å². The van der Waals surface area contributed by atoms with Crippen molar-refractivity contribution in [3.8, 4) is 0 Å². The van der Waals surface area contributed by atoms with Crippen LogP contribution in [0.4, 0.5) is 0 Å². The summed E-state index contributed by atoms with van der Waals surface area (Å²) in [6, 6.07) is 0. The Hall–Kier alpha value is -0.260. The highest BCUT2D eigenvalue weighted by Crippen LogP contribution is 2.73. The second-order valence-corrected chi connectivity index (χ2v) is 7.77. The van der Waals surface area contributed by atoms with Crippen molar-refractivity contribution < 1.29 is 0 Å². The van der Waals surface area contributed by atoms with Crippen molar-refractivity contribution in [2.45, 2.75) is 39.0 Å². The number of rotatable bonds is 0. The Morgan fingerprint density at radius 3 is 2.88 bits per heavy atom. The Labute approximate surface area is 98.5 Å². The minimum absolute atomic E-state index is 0.771. The first-order chi connectivity index (χ1) is 7.76. The molecule has 16 heavy (non-hydrogen) atoms. The van der Waals surface area contributed by atoms with E-state index in [4.69, 9.17) is 0 Å². The maximum atomic E-state index is 2.63. The highest BCUT2D eigenvalue weighted by Gasteiger charge is 2.66. The average Bonchev–Trinajstić information content (AvgIpc) is 2.98. The Balaban J connectivity index is 1.61. The Morgan fingerprint density at radius 1 is 1.06 bits per heavy atom. The maximum Gasteiger partial charge on any atom is -0.0194 e. The maximum absolute atomic E-state index is 2.63. The van der Waals surface area contributed by atoms with E-state index in [-0.39, 0.29) is 0 Å². The smallest absolute Gasteiger partial charge is 0.0194 e. The van der Waals surface area contributed by atoms with Gasteiger partial charge in [0.15, 0.2) is 0 Å². The molecule has 0 aromatic heterocycles. The van der Waals surface area contributed by atoms with Gasteiger partial charge in [0, 0.05) is 0 Å². The molecule has 0 aromatic rings. The molecule has 0 nitrogen and oxygen atoms in total. The van der Waals surface area contributed by atoms with Crippen LogP contribution in [0.5, 0.6) is 0 Å². The second-order valence-electron chi connectivity index (χ2n) is 7.77. The molecule has 0 heteroatoms. The summed E-state index contributed by atoms with van der Waals surface area (Å²) >= 11 is 0. The van der Waals surface area contributed by atoms with Gasteiger partial charge >= 0.3 is 0 Å². The van der Waals surface area contributed by atoms with Crippen LogP contribution in [0.1, 0.15) is 39.0 Å². The minimum Gasteiger partial charge on any atom is -0.0848 e.